The number of aromatic nitrogens is 9. The maximum absolute atomic E-state index is 5.40. The summed E-state index contributed by atoms with van der Waals surface area (Å²) in [5, 5.41) is 21.4. The highest BCUT2D eigenvalue weighted by atomic mass is 15.1. The molecule has 21 aromatic carbocycles. The van der Waals surface area contributed by atoms with Crippen molar-refractivity contribution in [1.82, 2.24) is 43.6 Å². The molecule has 0 spiro atoms. The Morgan fingerprint density at radius 2 is 0.403 bits per heavy atom. The quantitative estimate of drug-likeness (QED) is 0.113. The fourth-order valence-electron chi connectivity index (χ4n) is 20.0. The zero-order valence-corrected chi connectivity index (χ0v) is 69.8. The van der Waals surface area contributed by atoms with Crippen molar-refractivity contribution < 1.29 is 0 Å². The Balaban J connectivity index is 0.000000140. The van der Waals surface area contributed by atoms with Crippen LogP contribution < -0.4 is 0 Å². The molecule has 26 rings (SSSR count). The van der Waals surface area contributed by atoms with Crippen LogP contribution in [-0.4, -0.2) is 43.6 Å². The Hall–Kier alpha value is -17.4. The summed E-state index contributed by atoms with van der Waals surface area (Å²) in [4.78, 5) is 31.5. The summed E-state index contributed by atoms with van der Waals surface area (Å²) >= 11 is 0. The third kappa shape index (κ3) is 12.5. The maximum atomic E-state index is 5.40. The van der Waals surface area contributed by atoms with Crippen LogP contribution in [0.15, 0.2) is 455 Å². The number of para-hydroxylation sites is 5. The molecule has 9 heteroatoms. The minimum Gasteiger partial charge on any atom is -0.309 e. The van der Waals surface area contributed by atoms with Gasteiger partial charge in [0.25, 0.3) is 0 Å². The lowest BCUT2D eigenvalue weighted by atomic mass is 9.87. The van der Waals surface area contributed by atoms with E-state index in [1.165, 1.54) is 92.1 Å². The molecule has 26 aromatic rings. The Labute approximate surface area is 742 Å². The summed E-state index contributed by atoms with van der Waals surface area (Å²) in [6.07, 6.45) is 0. The van der Waals surface area contributed by atoms with E-state index in [1.807, 2.05) is 72.8 Å². The van der Waals surface area contributed by atoms with Crippen LogP contribution >= 0.6 is 0 Å². The second kappa shape index (κ2) is 30.8. The van der Waals surface area contributed by atoms with Crippen molar-refractivity contribution in [2.24, 2.45) is 0 Å². The Morgan fingerprint density at radius 3 is 0.853 bits per heavy atom. The van der Waals surface area contributed by atoms with Gasteiger partial charge in [-0.2, -0.15) is 0 Å². The zero-order valence-electron chi connectivity index (χ0n) is 69.8. The lowest BCUT2D eigenvalue weighted by Crippen LogP contribution is -2.01. The van der Waals surface area contributed by atoms with Crippen LogP contribution in [0.25, 0.3) is 249 Å². The minimum atomic E-state index is 0.622. The number of rotatable bonds is 12. The topological polar surface area (TPSA) is 92.1 Å². The van der Waals surface area contributed by atoms with Gasteiger partial charge in [-0.25, -0.2) is 29.9 Å². The summed E-state index contributed by atoms with van der Waals surface area (Å²) in [5.41, 5.74) is 22.8. The predicted molar refractivity (Wildman–Crippen MR) is 537 cm³/mol. The second-order valence-corrected chi connectivity index (χ2v) is 33.1. The van der Waals surface area contributed by atoms with Gasteiger partial charge in [-0.3, -0.25) is 0 Å². The molecule has 0 bridgehead atoms. The number of fused-ring (bicyclic) bond motifs is 22. The van der Waals surface area contributed by atoms with E-state index in [4.69, 9.17) is 29.9 Å². The van der Waals surface area contributed by atoms with Crippen LogP contribution in [0.3, 0.4) is 0 Å². The van der Waals surface area contributed by atoms with Gasteiger partial charge in [-0.15, -0.1) is 0 Å². The molecule has 129 heavy (non-hydrogen) atoms. The molecular weight excluding hydrogens is 1570 g/mol. The van der Waals surface area contributed by atoms with Gasteiger partial charge in [0, 0.05) is 93.5 Å². The molecule has 600 valence electrons. The van der Waals surface area contributed by atoms with Gasteiger partial charge in [-0.1, -0.05) is 352 Å². The largest absolute Gasteiger partial charge is 0.309 e. The first-order valence-corrected chi connectivity index (χ1v) is 43.8. The highest BCUT2D eigenvalue weighted by Crippen LogP contribution is 2.50. The molecule has 0 atom stereocenters. The van der Waals surface area contributed by atoms with E-state index in [0.717, 1.165) is 122 Å². The van der Waals surface area contributed by atoms with Crippen molar-refractivity contribution in [3.63, 3.8) is 0 Å². The standard InChI is InChI=1S/C63H39N5.C57H36N4/c1-5-20-40(21-6-1)61-64-62(41-22-7-2-8-23-41)66-63(65-61)52-39-42(38-51-48-30-14-13-28-46(48)47-29-15-16-31-49(47)57(51)52)45-33-19-35-54-58(45)60-56(68(54)44-26-11-4-12-27-44)37-36-55-59(60)50-32-17-18-34-53(50)67(55)43-24-9-3-10-25-43;1-4-16-39(17-5-1)55-58-56(40-18-6-2-7-19-40)60-57(59-55)51-36-42(35-50-46-24-11-10-22-44(46)45-23-12-13-26-48(45)54(50)51)38-30-28-37(29-31-38)41-32-33-53-49(34-41)47-25-14-15-27-52(47)61(53)43-20-8-3-9-21-43/h1-39H;1-36H. The van der Waals surface area contributed by atoms with Crippen molar-refractivity contribution in [1.29, 1.82) is 0 Å². The van der Waals surface area contributed by atoms with E-state index in [9.17, 15) is 0 Å². The van der Waals surface area contributed by atoms with Gasteiger partial charge in [0.05, 0.1) is 33.1 Å². The first kappa shape index (κ1) is 74.2. The molecule has 0 aliphatic heterocycles. The predicted octanol–water partition coefficient (Wildman–Crippen LogP) is 31.0. The van der Waals surface area contributed by atoms with E-state index < -0.39 is 0 Å². The molecule has 9 nitrogen and oxygen atoms in total. The summed E-state index contributed by atoms with van der Waals surface area (Å²) in [7, 11) is 0. The van der Waals surface area contributed by atoms with Crippen LogP contribution in [-0.2, 0) is 0 Å². The molecule has 0 saturated carbocycles. The van der Waals surface area contributed by atoms with E-state index >= 15 is 0 Å². The molecule has 5 heterocycles. The first-order chi connectivity index (χ1) is 64.0. The Kier molecular flexibility index (Phi) is 17.7. The maximum Gasteiger partial charge on any atom is 0.164 e. The van der Waals surface area contributed by atoms with Gasteiger partial charge >= 0.3 is 0 Å². The van der Waals surface area contributed by atoms with Gasteiger partial charge in [-0.05, 0) is 190 Å². The molecule has 0 unspecified atom stereocenters. The van der Waals surface area contributed by atoms with E-state index in [0.29, 0.717) is 34.9 Å². The number of benzene rings is 21. The molecule has 0 aliphatic carbocycles. The second-order valence-electron chi connectivity index (χ2n) is 33.1. The van der Waals surface area contributed by atoms with E-state index in [1.54, 1.807) is 0 Å². The zero-order chi connectivity index (χ0) is 85.0. The van der Waals surface area contributed by atoms with E-state index in [-0.39, 0.29) is 0 Å². The van der Waals surface area contributed by atoms with E-state index in [2.05, 4.69) is 396 Å². The van der Waals surface area contributed by atoms with Crippen molar-refractivity contribution in [3.8, 4) is 119 Å². The van der Waals surface area contributed by atoms with Gasteiger partial charge in [0.1, 0.15) is 0 Å². The summed E-state index contributed by atoms with van der Waals surface area (Å²) in [6.45, 7) is 0. The molecule has 0 saturated heterocycles. The van der Waals surface area contributed by atoms with Crippen molar-refractivity contribution >= 4 is 130 Å². The molecule has 0 fully saturated rings. The molecule has 0 aliphatic rings. The normalized spacial score (nSPS) is 11.7. The summed E-state index contributed by atoms with van der Waals surface area (Å²) in [6, 6.07) is 162. The highest BCUT2D eigenvalue weighted by Gasteiger charge is 2.28. The third-order valence-corrected chi connectivity index (χ3v) is 25.7. The monoisotopic (exact) mass is 1640 g/mol. The van der Waals surface area contributed by atoms with Crippen LogP contribution in [0.1, 0.15) is 0 Å². The Morgan fingerprint density at radius 1 is 0.124 bits per heavy atom. The van der Waals surface area contributed by atoms with Crippen molar-refractivity contribution in [2.45, 2.75) is 0 Å². The number of hydrogen-bond acceptors (Lipinski definition) is 6. The average Bonchev–Trinajstić information content (AvgIpc) is 1.56. The molecule has 5 aromatic heterocycles. The van der Waals surface area contributed by atoms with Gasteiger partial charge < -0.3 is 13.7 Å². The third-order valence-electron chi connectivity index (χ3n) is 25.7. The highest BCUT2D eigenvalue weighted by molar-refractivity contribution is 6.34. The van der Waals surface area contributed by atoms with Gasteiger partial charge in [0.2, 0.25) is 0 Å². The fraction of sp³-hybridized carbons (Fsp3) is 0. The van der Waals surface area contributed by atoms with Crippen LogP contribution in [0.5, 0.6) is 0 Å². The minimum absolute atomic E-state index is 0.622. The van der Waals surface area contributed by atoms with Crippen molar-refractivity contribution in [3.05, 3.63) is 455 Å². The molecule has 0 amide bonds. The lowest BCUT2D eigenvalue weighted by molar-refractivity contribution is 1.08. The van der Waals surface area contributed by atoms with Crippen LogP contribution in [0.2, 0.25) is 0 Å². The smallest absolute Gasteiger partial charge is 0.164 e. The van der Waals surface area contributed by atoms with Crippen LogP contribution in [0, 0.1) is 0 Å². The number of hydrogen-bond donors (Lipinski definition) is 0. The molecule has 0 N–H and O–H groups in total. The summed E-state index contributed by atoms with van der Waals surface area (Å²) < 4.78 is 7.22. The van der Waals surface area contributed by atoms with Gasteiger partial charge in [0.15, 0.2) is 34.9 Å². The van der Waals surface area contributed by atoms with Crippen molar-refractivity contribution in [2.75, 3.05) is 0 Å². The first-order valence-electron chi connectivity index (χ1n) is 43.8. The van der Waals surface area contributed by atoms with Crippen LogP contribution in [0.4, 0.5) is 0 Å². The molecule has 0 radical (unpaired) electrons. The average molecular weight is 1640 g/mol. The fourth-order valence-corrected chi connectivity index (χ4v) is 20.0. The number of nitrogens with zero attached hydrogens (tertiary/aromatic N) is 9. The SMILES string of the molecule is c1ccc(-c2nc(-c3ccccc3)nc(-c3cc(-c4ccc(-c5ccc6c(c5)c5ccccc5n6-c5ccccc5)cc4)cc4c5ccccc5c5ccccc5c34)n2)cc1.c1ccc(-c2nc(-c3ccccc3)nc(-c3cc(-c4cccc5c4c4c6c7ccccc7n(-c7ccccc7)c6ccc4n5-c4ccccc4)cc4c5ccccc5c5ccccc5c34)n2)cc1. The summed E-state index contributed by atoms with van der Waals surface area (Å²) in [5.74, 6) is 3.80. The lowest BCUT2D eigenvalue weighted by Gasteiger charge is -2.17. The molecular formula is C120H75N9. The Bertz CT molecular complexity index is 8830.